The van der Waals surface area contributed by atoms with Crippen LogP contribution in [0.3, 0.4) is 0 Å². The van der Waals surface area contributed by atoms with Gasteiger partial charge in [0.05, 0.1) is 0 Å². The normalized spacial score (nSPS) is 16.1. The van der Waals surface area contributed by atoms with Crippen LogP contribution in [0.25, 0.3) is 0 Å². The van der Waals surface area contributed by atoms with Gasteiger partial charge in [-0.25, -0.2) is 4.58 Å². The lowest BCUT2D eigenvalue weighted by molar-refractivity contribution is -0.529. The molecule has 0 saturated heterocycles. The van der Waals surface area contributed by atoms with Crippen molar-refractivity contribution in [3.63, 3.8) is 0 Å². The van der Waals surface area contributed by atoms with Crippen LogP contribution in [-0.2, 0) is 4.74 Å². The van der Waals surface area contributed by atoms with Gasteiger partial charge in [0.1, 0.15) is 7.05 Å². The number of rotatable bonds is 7. The standard InChI is InChI=1S/C12H22NO/c1-6-9-13(4)12(7-2)11(3)8-10-14-5/h6-7,9,11-12H,1-2,8,10H2,3-5H3/q+1. The predicted octanol–water partition coefficient (Wildman–Crippen LogP) is 2.11. The van der Waals surface area contributed by atoms with Crippen molar-refractivity contribution in [2.75, 3.05) is 20.8 Å². The second-order valence-corrected chi connectivity index (χ2v) is 3.54. The topological polar surface area (TPSA) is 12.2 Å². The average molecular weight is 196 g/mol. The molecule has 0 aromatic rings. The molecule has 0 amide bonds. The van der Waals surface area contributed by atoms with Crippen LogP contribution in [-0.4, -0.2) is 37.6 Å². The number of methoxy groups -OCH3 is 1. The molecule has 0 aliphatic carbocycles. The lowest BCUT2D eigenvalue weighted by atomic mass is 9.98. The summed E-state index contributed by atoms with van der Waals surface area (Å²) in [6, 6.07) is 0.350. The molecule has 0 saturated carbocycles. The van der Waals surface area contributed by atoms with Gasteiger partial charge in [-0.05, 0) is 18.6 Å². The largest absolute Gasteiger partial charge is 0.385 e. The third-order valence-corrected chi connectivity index (χ3v) is 2.41. The first-order chi connectivity index (χ1) is 6.67. The van der Waals surface area contributed by atoms with Crippen LogP contribution in [0, 0.1) is 5.92 Å². The van der Waals surface area contributed by atoms with E-state index in [9.17, 15) is 0 Å². The van der Waals surface area contributed by atoms with Crippen molar-refractivity contribution in [3.8, 4) is 0 Å². The Hall–Kier alpha value is -0.890. The Morgan fingerprint density at radius 3 is 2.50 bits per heavy atom. The number of hydrogen-bond acceptors (Lipinski definition) is 1. The van der Waals surface area contributed by atoms with Gasteiger partial charge in [0.15, 0.2) is 12.3 Å². The van der Waals surface area contributed by atoms with Crippen LogP contribution in [0.15, 0.2) is 25.3 Å². The van der Waals surface area contributed by atoms with Gasteiger partial charge in [0.2, 0.25) is 0 Å². The quantitative estimate of drug-likeness (QED) is 0.345. The van der Waals surface area contributed by atoms with Crippen molar-refractivity contribution in [3.05, 3.63) is 25.3 Å². The molecular weight excluding hydrogens is 174 g/mol. The molecule has 0 aliphatic heterocycles. The van der Waals surface area contributed by atoms with Crippen molar-refractivity contribution in [2.24, 2.45) is 5.92 Å². The van der Waals surface area contributed by atoms with Crippen LogP contribution in [0.1, 0.15) is 13.3 Å². The Balaban J connectivity index is 4.31. The summed E-state index contributed by atoms with van der Waals surface area (Å²) in [6.07, 6.45) is 6.78. The Morgan fingerprint density at radius 1 is 1.43 bits per heavy atom. The van der Waals surface area contributed by atoms with E-state index >= 15 is 0 Å². The molecule has 0 bridgehead atoms. The molecular formula is C12H22NO+. The molecule has 0 heterocycles. The Bertz CT molecular complexity index is 208. The summed E-state index contributed by atoms with van der Waals surface area (Å²) in [5, 5.41) is 0. The monoisotopic (exact) mass is 196 g/mol. The van der Waals surface area contributed by atoms with Crippen LogP contribution in [0.4, 0.5) is 0 Å². The zero-order valence-electron chi connectivity index (χ0n) is 9.57. The van der Waals surface area contributed by atoms with Gasteiger partial charge in [0.25, 0.3) is 0 Å². The van der Waals surface area contributed by atoms with Gasteiger partial charge in [-0.1, -0.05) is 20.1 Å². The van der Waals surface area contributed by atoms with Crippen LogP contribution < -0.4 is 0 Å². The van der Waals surface area contributed by atoms with E-state index in [1.807, 2.05) is 19.3 Å². The van der Waals surface area contributed by atoms with Gasteiger partial charge in [-0.3, -0.25) is 0 Å². The highest BCUT2D eigenvalue weighted by Gasteiger charge is 2.20. The maximum Gasteiger partial charge on any atom is 0.173 e. The summed E-state index contributed by atoms with van der Waals surface area (Å²) in [5.74, 6) is 0.536. The van der Waals surface area contributed by atoms with E-state index in [0.717, 1.165) is 13.0 Å². The molecule has 0 fully saturated rings. The maximum atomic E-state index is 5.06. The lowest BCUT2D eigenvalue weighted by Crippen LogP contribution is -2.29. The van der Waals surface area contributed by atoms with E-state index in [2.05, 4.69) is 24.7 Å². The maximum absolute atomic E-state index is 5.06. The minimum absolute atomic E-state index is 0.350. The van der Waals surface area contributed by atoms with Gasteiger partial charge >= 0.3 is 0 Å². The zero-order chi connectivity index (χ0) is 11.0. The zero-order valence-corrected chi connectivity index (χ0v) is 9.57. The molecule has 80 valence electrons. The molecule has 0 N–H and O–H groups in total. The number of ether oxygens (including phenoxy) is 1. The molecule has 2 nitrogen and oxygen atoms in total. The molecule has 2 unspecified atom stereocenters. The summed E-state index contributed by atoms with van der Waals surface area (Å²) < 4.78 is 7.19. The van der Waals surface area contributed by atoms with Gasteiger partial charge in [-0.15, -0.1) is 0 Å². The molecule has 0 aromatic carbocycles. The third-order valence-electron chi connectivity index (χ3n) is 2.41. The summed E-state index contributed by atoms with van der Waals surface area (Å²) in [5.41, 5.74) is 0. The minimum Gasteiger partial charge on any atom is -0.385 e. The first-order valence-corrected chi connectivity index (χ1v) is 4.96. The van der Waals surface area contributed by atoms with E-state index in [1.54, 1.807) is 13.2 Å². The number of hydrogen-bond donors (Lipinski definition) is 0. The van der Waals surface area contributed by atoms with Crippen LogP contribution in [0.2, 0.25) is 0 Å². The Kier molecular flexibility index (Phi) is 7.03. The highest BCUT2D eigenvalue weighted by atomic mass is 16.5. The predicted molar refractivity (Wildman–Crippen MR) is 62.1 cm³/mol. The van der Waals surface area contributed by atoms with Crippen molar-refractivity contribution >= 4 is 6.21 Å². The summed E-state index contributed by atoms with van der Waals surface area (Å²) in [4.78, 5) is 0. The lowest BCUT2D eigenvalue weighted by Gasteiger charge is -2.16. The second-order valence-electron chi connectivity index (χ2n) is 3.54. The fraction of sp³-hybridized carbons (Fsp3) is 0.583. The molecule has 0 aliphatic rings. The van der Waals surface area contributed by atoms with Crippen molar-refractivity contribution < 1.29 is 9.31 Å². The van der Waals surface area contributed by atoms with E-state index in [0.29, 0.717) is 12.0 Å². The molecule has 0 rings (SSSR count). The summed E-state index contributed by atoms with van der Waals surface area (Å²) >= 11 is 0. The summed E-state index contributed by atoms with van der Waals surface area (Å²) in [7, 11) is 3.77. The van der Waals surface area contributed by atoms with E-state index in [1.165, 1.54) is 0 Å². The highest BCUT2D eigenvalue weighted by Crippen LogP contribution is 2.11. The fourth-order valence-electron chi connectivity index (χ4n) is 1.54. The number of allylic oxidation sites excluding steroid dienone is 1. The van der Waals surface area contributed by atoms with Gasteiger partial charge in [0, 0.05) is 19.6 Å². The fourth-order valence-corrected chi connectivity index (χ4v) is 1.54. The highest BCUT2D eigenvalue weighted by molar-refractivity contribution is 5.65. The van der Waals surface area contributed by atoms with Crippen molar-refractivity contribution in [2.45, 2.75) is 19.4 Å². The van der Waals surface area contributed by atoms with Crippen molar-refractivity contribution in [1.82, 2.24) is 0 Å². The molecule has 0 radical (unpaired) electrons. The molecule has 2 atom stereocenters. The Morgan fingerprint density at radius 2 is 2.07 bits per heavy atom. The van der Waals surface area contributed by atoms with Crippen LogP contribution in [0.5, 0.6) is 0 Å². The van der Waals surface area contributed by atoms with E-state index < -0.39 is 0 Å². The van der Waals surface area contributed by atoms with E-state index in [-0.39, 0.29) is 0 Å². The smallest absolute Gasteiger partial charge is 0.173 e. The number of nitrogens with zero attached hydrogens (tertiary/aromatic N) is 1. The molecule has 0 aromatic heterocycles. The third kappa shape index (κ3) is 4.38. The van der Waals surface area contributed by atoms with E-state index in [4.69, 9.17) is 4.74 Å². The minimum atomic E-state index is 0.350. The van der Waals surface area contributed by atoms with Gasteiger partial charge in [-0.2, -0.15) is 0 Å². The molecule has 2 heteroatoms. The SMILES string of the molecule is C=CC=[N+](C)C(C=C)C(C)CCOC. The molecule has 0 spiro atoms. The first kappa shape index (κ1) is 13.1. The van der Waals surface area contributed by atoms with Crippen LogP contribution >= 0.6 is 0 Å². The summed E-state index contributed by atoms with van der Waals surface area (Å²) in [6.45, 7) is 10.5. The second kappa shape index (κ2) is 7.51. The van der Waals surface area contributed by atoms with Crippen molar-refractivity contribution in [1.29, 1.82) is 0 Å². The van der Waals surface area contributed by atoms with Gasteiger partial charge < -0.3 is 4.74 Å². The first-order valence-electron chi connectivity index (χ1n) is 4.96. The average Bonchev–Trinajstić information content (AvgIpc) is 2.16. The number of likely N-dealkylation sites (N-methyl/N-ethyl adjacent to an activating group) is 1. The Labute approximate surface area is 87.6 Å². The molecule has 14 heavy (non-hydrogen) atoms.